The van der Waals surface area contributed by atoms with Gasteiger partial charge in [-0.3, -0.25) is 0 Å². The molecule has 0 aromatic carbocycles. The van der Waals surface area contributed by atoms with Crippen LogP contribution in [-0.4, -0.2) is 55.9 Å². The summed E-state index contributed by atoms with van der Waals surface area (Å²) in [5.41, 5.74) is 0. The van der Waals surface area contributed by atoms with Gasteiger partial charge in [0.25, 0.3) is 0 Å². The molecule has 360 valence electrons. The first-order chi connectivity index (χ1) is 28.6. The number of phosphoric acid groups is 1. The Labute approximate surface area is 374 Å². The van der Waals surface area contributed by atoms with Gasteiger partial charge in [0.15, 0.2) is 0 Å². The van der Waals surface area contributed by atoms with Gasteiger partial charge < -0.3 is 0 Å². The van der Waals surface area contributed by atoms with Crippen molar-refractivity contribution >= 4 is 21.5 Å². The first-order valence-electron chi connectivity index (χ1n) is 27.3. The third kappa shape index (κ3) is 26.5. The van der Waals surface area contributed by atoms with Crippen LogP contribution in [0.2, 0.25) is 0 Å². The Morgan fingerprint density at radius 1 is 0.271 bits per heavy atom. The van der Waals surface area contributed by atoms with Gasteiger partial charge in [0.2, 0.25) is 0 Å². The molecular formula is C52H113O4P3. The number of hydrogen-bond acceptors (Lipinski definition) is 4. The second-order valence-electron chi connectivity index (χ2n) is 19.8. The molecule has 0 saturated heterocycles. The summed E-state index contributed by atoms with van der Waals surface area (Å²) in [6.45, 7) is 15.4. The van der Waals surface area contributed by atoms with Crippen molar-refractivity contribution in [3.05, 3.63) is 0 Å². The summed E-state index contributed by atoms with van der Waals surface area (Å²) in [5.74, 6) is 0. The molecule has 0 heterocycles. The van der Waals surface area contributed by atoms with Gasteiger partial charge in [-0.25, -0.2) is 0 Å². The van der Waals surface area contributed by atoms with Crippen LogP contribution in [0.1, 0.15) is 281 Å². The van der Waals surface area contributed by atoms with Crippen molar-refractivity contribution in [2.45, 2.75) is 281 Å². The first kappa shape index (κ1) is 60.0. The summed E-state index contributed by atoms with van der Waals surface area (Å²) in [5, 5.41) is 0. The minimum atomic E-state index is -3.91. The van der Waals surface area contributed by atoms with Crippen LogP contribution in [-0.2, 0) is 17.7 Å². The standard InChI is InChI=1S/C52H113O4P3/c1-10-19-28-30-32-34-36-38-40-42-51-58(45-22-13-4,46-23-14-5,47-24-15-6)55-57(53,54-44-21-12-3)56-59(48-25-16-7,49-26-17-8,50-27-18-9)52-43-41-39-37-35-33-31-29-20-11-2/h10-52H2,1-9H3. The molecule has 59 heavy (non-hydrogen) atoms. The van der Waals surface area contributed by atoms with E-state index in [1.807, 2.05) is 0 Å². The van der Waals surface area contributed by atoms with E-state index in [4.69, 9.17) is 13.1 Å². The van der Waals surface area contributed by atoms with Crippen LogP contribution in [0.5, 0.6) is 0 Å². The average molecular weight is 895 g/mol. The van der Waals surface area contributed by atoms with E-state index in [0.29, 0.717) is 6.61 Å². The van der Waals surface area contributed by atoms with Gasteiger partial charge in [0.1, 0.15) is 0 Å². The molecule has 7 heteroatoms. The monoisotopic (exact) mass is 895 g/mol. The Hall–Kier alpha value is 0.970. The summed E-state index contributed by atoms with van der Waals surface area (Å²) in [4.78, 5) is 0. The Morgan fingerprint density at radius 2 is 0.475 bits per heavy atom. The summed E-state index contributed by atoms with van der Waals surface area (Å²) < 4.78 is 39.2. The van der Waals surface area contributed by atoms with E-state index < -0.39 is 21.5 Å². The van der Waals surface area contributed by atoms with E-state index in [1.165, 1.54) is 128 Å². The van der Waals surface area contributed by atoms with Gasteiger partial charge in [-0.05, 0) is 0 Å². The number of unbranched alkanes of at least 4 members (excludes halogenated alkanes) is 25. The Balaban J connectivity index is 7.11. The first-order valence-corrected chi connectivity index (χ1v) is 34.5. The number of hydrogen-bond donors (Lipinski definition) is 0. The Kier molecular flexibility index (Phi) is 37.8. The van der Waals surface area contributed by atoms with E-state index in [9.17, 15) is 0 Å². The molecule has 0 spiro atoms. The predicted octanol–water partition coefficient (Wildman–Crippen LogP) is 20.5. The zero-order valence-corrected chi connectivity index (χ0v) is 45.1. The van der Waals surface area contributed by atoms with Crippen molar-refractivity contribution in [1.82, 2.24) is 0 Å². The van der Waals surface area contributed by atoms with Crippen molar-refractivity contribution in [2.24, 2.45) is 0 Å². The van der Waals surface area contributed by atoms with E-state index in [-0.39, 0.29) is 0 Å². The summed E-state index contributed by atoms with van der Waals surface area (Å²) in [7, 11) is -3.91. The molecule has 0 radical (unpaired) electrons. The molecule has 0 amide bonds. The van der Waals surface area contributed by atoms with Gasteiger partial charge >= 0.3 is 376 Å². The van der Waals surface area contributed by atoms with E-state index in [0.717, 1.165) is 139 Å². The topological polar surface area (TPSA) is 44.8 Å². The molecule has 0 aliphatic carbocycles. The fraction of sp³-hybridized carbons (Fsp3) is 1.00. The second kappa shape index (κ2) is 37.2. The average Bonchev–Trinajstić information content (AvgIpc) is 3.24. The molecule has 0 atom stereocenters. The van der Waals surface area contributed by atoms with E-state index in [2.05, 4.69) is 62.3 Å². The maximum atomic E-state index is 16.5. The maximum absolute atomic E-state index is 16.5. The van der Waals surface area contributed by atoms with Gasteiger partial charge in [-0.15, -0.1) is 0 Å². The van der Waals surface area contributed by atoms with Gasteiger partial charge in [-0.2, -0.15) is 0 Å². The Bertz CT molecular complexity index is 857. The quantitative estimate of drug-likeness (QED) is 0.0451. The van der Waals surface area contributed by atoms with Crippen molar-refractivity contribution in [2.75, 3.05) is 55.9 Å². The molecule has 0 rings (SSSR count). The van der Waals surface area contributed by atoms with Crippen molar-refractivity contribution in [1.29, 1.82) is 0 Å². The molecule has 0 aliphatic rings. The molecule has 0 unspecified atom stereocenters. The Morgan fingerprint density at radius 3 is 0.712 bits per heavy atom. The van der Waals surface area contributed by atoms with Crippen molar-refractivity contribution < 1.29 is 17.7 Å². The van der Waals surface area contributed by atoms with Crippen LogP contribution in [0.3, 0.4) is 0 Å². The zero-order chi connectivity index (χ0) is 43.9. The molecule has 0 bridgehead atoms. The molecule has 0 fully saturated rings. The van der Waals surface area contributed by atoms with Crippen LogP contribution in [0.4, 0.5) is 0 Å². The predicted molar refractivity (Wildman–Crippen MR) is 277 cm³/mol. The van der Waals surface area contributed by atoms with E-state index in [1.54, 1.807) is 0 Å². The number of rotatable bonds is 48. The van der Waals surface area contributed by atoms with Gasteiger partial charge in [-0.1, -0.05) is 0 Å². The molecule has 0 saturated carbocycles. The molecule has 0 aromatic rings. The molecule has 0 N–H and O–H groups in total. The van der Waals surface area contributed by atoms with E-state index >= 15 is 4.57 Å². The fourth-order valence-corrected chi connectivity index (χ4v) is 29.6. The molecule has 0 aliphatic heterocycles. The molecular weight excluding hydrogens is 781 g/mol. The molecule has 4 nitrogen and oxygen atoms in total. The third-order valence-electron chi connectivity index (χ3n) is 14.0. The minimum absolute atomic E-state index is 0.480. The van der Waals surface area contributed by atoms with Gasteiger partial charge in [0, 0.05) is 0 Å². The zero-order valence-electron chi connectivity index (χ0n) is 42.4. The van der Waals surface area contributed by atoms with Crippen LogP contribution in [0.25, 0.3) is 0 Å². The van der Waals surface area contributed by atoms with Crippen molar-refractivity contribution in [3.8, 4) is 0 Å². The fourth-order valence-electron chi connectivity index (χ4n) is 9.96. The third-order valence-corrected chi connectivity index (χ3v) is 31.4. The normalized spacial score (nSPS) is 14.9. The summed E-state index contributed by atoms with van der Waals surface area (Å²) in [6, 6.07) is 0. The second-order valence-corrected chi connectivity index (χ2v) is 33.3. The molecule has 0 aromatic heterocycles. The van der Waals surface area contributed by atoms with Crippen LogP contribution in [0, 0.1) is 0 Å². The summed E-state index contributed by atoms with van der Waals surface area (Å²) >= 11 is 0. The van der Waals surface area contributed by atoms with Crippen molar-refractivity contribution in [3.63, 3.8) is 0 Å². The SMILES string of the molecule is CCCCCCCCCCCCP(CCCC)(CCCC)(CCCC)OP(=O)(OCCCC)OP(CCCC)(CCCC)(CCCC)CCCCCCCCCCCC. The van der Waals surface area contributed by atoms with Crippen LogP contribution in [0.15, 0.2) is 0 Å². The van der Waals surface area contributed by atoms with Crippen LogP contribution >= 0.6 is 21.5 Å². The van der Waals surface area contributed by atoms with Gasteiger partial charge in [0.05, 0.1) is 0 Å². The van der Waals surface area contributed by atoms with Crippen LogP contribution < -0.4 is 0 Å². The summed E-state index contributed by atoms with van der Waals surface area (Å²) in [6.07, 6.45) is 51.4.